The van der Waals surface area contributed by atoms with E-state index in [1.807, 2.05) is 38.1 Å². The maximum atomic E-state index is 12.3. The van der Waals surface area contributed by atoms with E-state index in [-0.39, 0.29) is 11.8 Å². The summed E-state index contributed by atoms with van der Waals surface area (Å²) in [6.45, 7) is 4.25. The van der Waals surface area contributed by atoms with Crippen LogP contribution in [0.3, 0.4) is 0 Å². The first-order valence-corrected chi connectivity index (χ1v) is 8.52. The molecule has 3 heterocycles. The number of nitrogens with two attached hydrogens (primary N) is 1. The molecular formula is C20H19N5O. The van der Waals surface area contributed by atoms with Gasteiger partial charge < -0.3 is 16.0 Å². The molecule has 0 bridgehead atoms. The van der Waals surface area contributed by atoms with Gasteiger partial charge in [-0.25, -0.2) is 9.97 Å². The van der Waals surface area contributed by atoms with Crippen LogP contribution in [0, 0.1) is 18.8 Å². The molecule has 0 unspecified atom stereocenters. The number of nitrogen functional groups attached to an aromatic ring is 1. The van der Waals surface area contributed by atoms with Crippen molar-refractivity contribution in [2.45, 2.75) is 26.2 Å². The minimum Gasteiger partial charge on any atom is -0.382 e. The van der Waals surface area contributed by atoms with Crippen LogP contribution >= 0.6 is 0 Å². The summed E-state index contributed by atoms with van der Waals surface area (Å²) >= 11 is 0. The van der Waals surface area contributed by atoms with Crippen molar-refractivity contribution in [1.82, 2.24) is 20.3 Å². The Labute approximate surface area is 151 Å². The fourth-order valence-electron chi connectivity index (χ4n) is 3.33. The van der Waals surface area contributed by atoms with Crippen LogP contribution < -0.4 is 11.1 Å². The molecule has 1 aliphatic heterocycles. The quantitative estimate of drug-likeness (QED) is 0.622. The zero-order valence-corrected chi connectivity index (χ0v) is 14.7. The average molecular weight is 345 g/mol. The minimum absolute atomic E-state index is 0.0649. The number of rotatable bonds is 2. The number of nitrogens with one attached hydrogen (secondary N) is 2. The lowest BCUT2D eigenvalue weighted by Crippen LogP contribution is -2.34. The lowest BCUT2D eigenvalue weighted by atomic mass is 9.94. The molecular weight excluding hydrogens is 326 g/mol. The molecule has 6 heteroatoms. The second-order valence-electron chi connectivity index (χ2n) is 6.42. The van der Waals surface area contributed by atoms with Gasteiger partial charge in [-0.05, 0) is 26.0 Å². The lowest BCUT2D eigenvalue weighted by molar-refractivity contribution is 0.0940. The van der Waals surface area contributed by atoms with Gasteiger partial charge in [0.1, 0.15) is 11.3 Å². The summed E-state index contributed by atoms with van der Waals surface area (Å²) in [6.07, 6.45) is 0.700. The molecule has 0 saturated carbocycles. The van der Waals surface area contributed by atoms with Crippen molar-refractivity contribution in [1.29, 1.82) is 0 Å². The second kappa shape index (κ2) is 6.19. The lowest BCUT2D eigenvalue weighted by Gasteiger charge is -2.21. The van der Waals surface area contributed by atoms with Gasteiger partial charge in [0.15, 0.2) is 0 Å². The summed E-state index contributed by atoms with van der Waals surface area (Å²) in [6, 6.07) is 7.68. The zero-order chi connectivity index (χ0) is 18.3. The molecule has 0 fully saturated rings. The highest BCUT2D eigenvalue weighted by Gasteiger charge is 2.28. The SMILES string of the molecule is CC#CC[C@H]1CNC(=O)c2cc(-c3cccc4nc(C)c(N)nc34)[nH]c21. The van der Waals surface area contributed by atoms with Crippen LogP contribution in [0.5, 0.6) is 0 Å². The summed E-state index contributed by atoms with van der Waals surface area (Å²) in [5.41, 5.74) is 11.5. The van der Waals surface area contributed by atoms with E-state index in [9.17, 15) is 4.79 Å². The Kier molecular flexibility index (Phi) is 3.85. The second-order valence-corrected chi connectivity index (χ2v) is 6.42. The number of amides is 1. The number of carbonyl (C=O) groups excluding carboxylic acids is 1. The van der Waals surface area contributed by atoms with E-state index < -0.39 is 0 Å². The number of H-pyrrole nitrogens is 1. The predicted octanol–water partition coefficient (Wildman–Crippen LogP) is 2.76. The van der Waals surface area contributed by atoms with Crippen LogP contribution in [0.1, 0.15) is 41.0 Å². The van der Waals surface area contributed by atoms with Gasteiger partial charge in [-0.3, -0.25) is 4.79 Å². The Hall–Kier alpha value is -3.33. The standard InChI is InChI=1S/C20H19N5O/c1-3-4-6-12-10-22-20(26)14-9-16(24-17(12)14)13-7-5-8-15-18(13)25-19(21)11(2)23-15/h5,7-9,12,24H,6,10H2,1-2H3,(H2,21,25)(H,22,26)/t12-/m0/s1. The number of aryl methyl sites for hydroxylation is 1. The number of carbonyl (C=O) groups is 1. The van der Waals surface area contributed by atoms with Crippen molar-refractivity contribution in [2.75, 3.05) is 12.3 Å². The summed E-state index contributed by atoms with van der Waals surface area (Å²) in [4.78, 5) is 24.8. The fourth-order valence-corrected chi connectivity index (χ4v) is 3.33. The summed E-state index contributed by atoms with van der Waals surface area (Å²) in [7, 11) is 0. The first-order chi connectivity index (χ1) is 12.6. The molecule has 4 rings (SSSR count). The third kappa shape index (κ3) is 2.58. The van der Waals surface area contributed by atoms with E-state index in [1.54, 1.807) is 0 Å². The normalized spacial score (nSPS) is 15.9. The van der Waals surface area contributed by atoms with Gasteiger partial charge in [0.05, 0.1) is 16.8 Å². The fraction of sp³-hybridized carbons (Fsp3) is 0.250. The summed E-state index contributed by atoms with van der Waals surface area (Å²) in [5.74, 6) is 6.53. The van der Waals surface area contributed by atoms with Crippen LogP contribution in [0.25, 0.3) is 22.3 Å². The van der Waals surface area contributed by atoms with E-state index in [0.29, 0.717) is 30.0 Å². The van der Waals surface area contributed by atoms with Crippen LogP contribution in [0.2, 0.25) is 0 Å². The zero-order valence-electron chi connectivity index (χ0n) is 14.7. The van der Waals surface area contributed by atoms with Gasteiger partial charge in [0.25, 0.3) is 5.91 Å². The van der Waals surface area contributed by atoms with Gasteiger partial charge in [-0.2, -0.15) is 0 Å². The average Bonchev–Trinajstić information content (AvgIpc) is 3.08. The third-order valence-corrected chi connectivity index (χ3v) is 4.73. The first-order valence-electron chi connectivity index (χ1n) is 8.52. The van der Waals surface area contributed by atoms with Crippen molar-refractivity contribution in [3.63, 3.8) is 0 Å². The van der Waals surface area contributed by atoms with Crippen LogP contribution in [-0.2, 0) is 0 Å². The number of para-hydroxylation sites is 1. The summed E-state index contributed by atoms with van der Waals surface area (Å²) < 4.78 is 0. The number of aromatic amines is 1. The number of aromatic nitrogens is 3. The maximum absolute atomic E-state index is 12.3. The molecule has 0 aliphatic carbocycles. The predicted molar refractivity (Wildman–Crippen MR) is 102 cm³/mol. The number of benzene rings is 1. The van der Waals surface area contributed by atoms with E-state index in [1.165, 1.54) is 0 Å². The van der Waals surface area contributed by atoms with E-state index in [4.69, 9.17) is 5.73 Å². The minimum atomic E-state index is -0.0649. The van der Waals surface area contributed by atoms with Crippen molar-refractivity contribution in [3.8, 4) is 23.1 Å². The molecule has 3 aromatic rings. The topological polar surface area (TPSA) is 96.7 Å². The molecule has 6 nitrogen and oxygen atoms in total. The third-order valence-electron chi connectivity index (χ3n) is 4.73. The van der Waals surface area contributed by atoms with Crippen molar-refractivity contribution in [3.05, 3.63) is 41.2 Å². The Bertz CT molecular complexity index is 1090. The highest BCUT2D eigenvalue weighted by molar-refractivity contribution is 6.00. The van der Waals surface area contributed by atoms with Gasteiger partial charge in [0, 0.05) is 35.8 Å². The molecule has 0 radical (unpaired) electrons. The van der Waals surface area contributed by atoms with Gasteiger partial charge in [-0.1, -0.05) is 12.1 Å². The largest absolute Gasteiger partial charge is 0.382 e. The van der Waals surface area contributed by atoms with Gasteiger partial charge in [0.2, 0.25) is 0 Å². The number of nitrogens with zero attached hydrogens (tertiary/aromatic N) is 2. The Balaban J connectivity index is 1.87. The molecule has 1 aliphatic rings. The monoisotopic (exact) mass is 345 g/mol. The van der Waals surface area contributed by atoms with Crippen LogP contribution in [0.4, 0.5) is 5.82 Å². The van der Waals surface area contributed by atoms with Crippen LogP contribution in [0.15, 0.2) is 24.3 Å². The Morgan fingerprint density at radius 3 is 2.96 bits per heavy atom. The number of hydrogen-bond donors (Lipinski definition) is 3. The molecule has 1 aromatic carbocycles. The number of fused-ring (bicyclic) bond motifs is 2. The van der Waals surface area contributed by atoms with Gasteiger partial charge in [-0.15, -0.1) is 11.8 Å². The van der Waals surface area contributed by atoms with E-state index in [2.05, 4.69) is 32.1 Å². The maximum Gasteiger partial charge on any atom is 0.253 e. The molecule has 0 spiro atoms. The Morgan fingerprint density at radius 2 is 2.15 bits per heavy atom. The first kappa shape index (κ1) is 16.2. The molecule has 1 atom stereocenters. The Morgan fingerprint density at radius 1 is 1.31 bits per heavy atom. The molecule has 1 amide bonds. The molecule has 130 valence electrons. The summed E-state index contributed by atoms with van der Waals surface area (Å²) in [5, 5.41) is 2.94. The van der Waals surface area contributed by atoms with Crippen LogP contribution in [-0.4, -0.2) is 27.4 Å². The van der Waals surface area contributed by atoms with Crippen molar-refractivity contribution in [2.24, 2.45) is 0 Å². The molecule has 4 N–H and O–H groups in total. The van der Waals surface area contributed by atoms with E-state index in [0.717, 1.165) is 28.0 Å². The number of hydrogen-bond acceptors (Lipinski definition) is 4. The molecule has 2 aromatic heterocycles. The van der Waals surface area contributed by atoms with Gasteiger partial charge >= 0.3 is 0 Å². The van der Waals surface area contributed by atoms with E-state index >= 15 is 0 Å². The highest BCUT2D eigenvalue weighted by atomic mass is 16.1. The highest BCUT2D eigenvalue weighted by Crippen LogP contribution is 2.33. The van der Waals surface area contributed by atoms with Crippen molar-refractivity contribution >= 4 is 22.8 Å². The molecule has 26 heavy (non-hydrogen) atoms. The van der Waals surface area contributed by atoms with Crippen molar-refractivity contribution < 1.29 is 4.79 Å². The molecule has 0 saturated heterocycles. The number of anilines is 1. The smallest absolute Gasteiger partial charge is 0.253 e.